The summed E-state index contributed by atoms with van der Waals surface area (Å²) in [7, 11) is 0. The lowest BCUT2D eigenvalue weighted by Gasteiger charge is -2.55. The van der Waals surface area contributed by atoms with Gasteiger partial charge in [0, 0.05) is 42.5 Å². The highest BCUT2D eigenvalue weighted by Gasteiger charge is 2.58. The van der Waals surface area contributed by atoms with Gasteiger partial charge in [0.25, 0.3) is 0 Å². The highest BCUT2D eigenvalue weighted by molar-refractivity contribution is 5.87. The number of H-pyrrole nitrogens is 1. The normalized spacial score (nSPS) is 24.1. The van der Waals surface area contributed by atoms with E-state index in [4.69, 9.17) is 0 Å². The summed E-state index contributed by atoms with van der Waals surface area (Å²) in [6.07, 6.45) is 6.18. The molecule has 1 spiro atoms. The van der Waals surface area contributed by atoms with Crippen molar-refractivity contribution >= 4 is 10.9 Å². The van der Waals surface area contributed by atoms with Gasteiger partial charge in [0.05, 0.1) is 5.60 Å². The summed E-state index contributed by atoms with van der Waals surface area (Å²) in [4.78, 5) is 5.96. The summed E-state index contributed by atoms with van der Waals surface area (Å²) >= 11 is 0. The number of nitrogens with one attached hydrogen (secondary N) is 1. The number of hydrogen-bond donors (Lipinski definition) is 2. The van der Waals surface area contributed by atoms with Crippen LogP contribution in [0.15, 0.2) is 42.6 Å². The Morgan fingerprint density at radius 1 is 1.11 bits per heavy atom. The second kappa shape index (κ2) is 7.88. The molecule has 1 aliphatic heterocycles. The number of aliphatic hydroxyl groups is 1. The quantitative estimate of drug-likeness (QED) is 0.403. The lowest BCUT2D eigenvalue weighted by atomic mass is 9.59. The second-order valence-corrected chi connectivity index (χ2v) is 12.1. The molecule has 3 aliphatic rings. The van der Waals surface area contributed by atoms with Crippen LogP contribution in [0.2, 0.25) is 0 Å². The van der Waals surface area contributed by atoms with Crippen LogP contribution in [0.1, 0.15) is 92.1 Å². The van der Waals surface area contributed by atoms with Gasteiger partial charge in [-0.1, -0.05) is 30.3 Å². The largest absolute Gasteiger partial charge is 0.386 e. The monoisotopic (exact) mass is 478 g/mol. The number of hydrogen-bond acceptors (Lipinski definition) is 2. The highest BCUT2D eigenvalue weighted by Crippen LogP contribution is 2.60. The first-order chi connectivity index (χ1) is 16.5. The Hall–Kier alpha value is -2.24. The Morgan fingerprint density at radius 2 is 1.83 bits per heavy atom. The van der Waals surface area contributed by atoms with Gasteiger partial charge in [-0.2, -0.15) is 0 Å². The standard InChI is InChI=1S/C30H36F2N2O/c1-19-14-24(20-4-5-20)25(23-10-12-33-27(19)23)16-34-13-11-29(17-30(31,32)18-29)15-26(34)21-6-8-22(9-7-21)28(2,3)35/h6-10,12,14,20,26,33,35H,4-5,11,13,15-18H2,1-3H3/t26-/m0/s1. The van der Waals surface area contributed by atoms with Gasteiger partial charge in [0.2, 0.25) is 5.92 Å². The van der Waals surface area contributed by atoms with Gasteiger partial charge in [-0.05, 0) is 98.2 Å². The zero-order valence-electron chi connectivity index (χ0n) is 21.0. The van der Waals surface area contributed by atoms with E-state index in [0.717, 1.165) is 37.1 Å². The lowest BCUT2D eigenvalue weighted by molar-refractivity contribution is -0.186. The Labute approximate surface area is 206 Å². The van der Waals surface area contributed by atoms with Crippen LogP contribution >= 0.6 is 0 Å². The molecular weight excluding hydrogens is 442 g/mol. The minimum atomic E-state index is -2.51. The minimum absolute atomic E-state index is 0.0198. The predicted octanol–water partition coefficient (Wildman–Crippen LogP) is 7.33. The molecule has 2 aliphatic carbocycles. The zero-order chi connectivity index (χ0) is 24.6. The van der Waals surface area contributed by atoms with Crippen molar-refractivity contribution in [2.24, 2.45) is 5.41 Å². The molecule has 2 aromatic carbocycles. The van der Waals surface area contributed by atoms with Crippen LogP contribution in [-0.2, 0) is 12.1 Å². The van der Waals surface area contributed by atoms with E-state index in [1.807, 2.05) is 18.3 Å². The Morgan fingerprint density at radius 3 is 2.46 bits per heavy atom. The summed E-state index contributed by atoms with van der Waals surface area (Å²) in [5.74, 6) is -1.86. The van der Waals surface area contributed by atoms with Gasteiger partial charge in [-0.25, -0.2) is 8.78 Å². The fraction of sp³-hybridized carbons (Fsp3) is 0.533. The van der Waals surface area contributed by atoms with Gasteiger partial charge in [0.15, 0.2) is 0 Å². The van der Waals surface area contributed by atoms with Crippen molar-refractivity contribution in [3.8, 4) is 0 Å². The number of rotatable bonds is 5. The van der Waals surface area contributed by atoms with Crippen molar-refractivity contribution in [1.82, 2.24) is 9.88 Å². The Bertz CT molecular complexity index is 1240. The van der Waals surface area contributed by atoms with Crippen LogP contribution in [0.4, 0.5) is 8.78 Å². The number of likely N-dealkylation sites (tertiary alicyclic amines) is 1. The van der Waals surface area contributed by atoms with E-state index in [9.17, 15) is 13.9 Å². The maximum absolute atomic E-state index is 14.0. The van der Waals surface area contributed by atoms with Crippen LogP contribution in [0, 0.1) is 12.3 Å². The summed E-state index contributed by atoms with van der Waals surface area (Å²) in [5, 5.41) is 11.7. The van der Waals surface area contributed by atoms with Crippen molar-refractivity contribution in [1.29, 1.82) is 0 Å². The maximum atomic E-state index is 14.0. The number of fused-ring (bicyclic) bond motifs is 1. The van der Waals surface area contributed by atoms with Crippen molar-refractivity contribution < 1.29 is 13.9 Å². The van der Waals surface area contributed by atoms with E-state index < -0.39 is 11.5 Å². The van der Waals surface area contributed by atoms with Crippen LogP contribution in [-0.4, -0.2) is 27.5 Å². The summed E-state index contributed by atoms with van der Waals surface area (Å²) in [6.45, 7) is 7.43. The number of alkyl halides is 2. The molecule has 5 heteroatoms. The molecule has 2 heterocycles. The predicted molar refractivity (Wildman–Crippen MR) is 136 cm³/mol. The van der Waals surface area contributed by atoms with E-state index in [2.05, 4.69) is 41.1 Å². The highest BCUT2D eigenvalue weighted by atomic mass is 19.3. The van der Waals surface area contributed by atoms with Gasteiger partial charge >= 0.3 is 0 Å². The van der Waals surface area contributed by atoms with Crippen LogP contribution in [0.5, 0.6) is 0 Å². The topological polar surface area (TPSA) is 39.3 Å². The molecule has 6 rings (SSSR count). The van der Waals surface area contributed by atoms with Crippen molar-refractivity contribution in [3.63, 3.8) is 0 Å². The van der Waals surface area contributed by atoms with Gasteiger partial charge < -0.3 is 10.1 Å². The molecule has 35 heavy (non-hydrogen) atoms. The van der Waals surface area contributed by atoms with E-state index in [0.29, 0.717) is 5.92 Å². The van der Waals surface area contributed by atoms with E-state index in [1.54, 1.807) is 13.8 Å². The molecule has 1 atom stereocenters. The Kier molecular flexibility index (Phi) is 5.22. The molecule has 1 aromatic heterocycles. The summed E-state index contributed by atoms with van der Waals surface area (Å²) in [5.41, 5.74) is 6.27. The van der Waals surface area contributed by atoms with Gasteiger partial charge in [0.1, 0.15) is 0 Å². The first-order valence-corrected chi connectivity index (χ1v) is 13.1. The zero-order valence-corrected chi connectivity index (χ0v) is 21.0. The molecule has 3 aromatic rings. The molecule has 2 N–H and O–H groups in total. The molecule has 0 amide bonds. The fourth-order valence-corrected chi connectivity index (χ4v) is 6.81. The molecule has 0 radical (unpaired) electrons. The number of piperidine rings is 1. The average Bonchev–Trinajstić information content (AvgIpc) is 3.50. The number of halogens is 2. The summed E-state index contributed by atoms with van der Waals surface area (Å²) in [6, 6.07) is 12.9. The molecule has 2 saturated carbocycles. The van der Waals surface area contributed by atoms with Crippen molar-refractivity contribution in [3.05, 3.63) is 70.4 Å². The van der Waals surface area contributed by atoms with E-state index in [-0.39, 0.29) is 24.3 Å². The molecule has 3 nitrogen and oxygen atoms in total. The molecule has 1 saturated heterocycles. The third kappa shape index (κ3) is 4.21. The number of benzene rings is 2. The van der Waals surface area contributed by atoms with Gasteiger partial charge in [-0.3, -0.25) is 4.90 Å². The van der Waals surface area contributed by atoms with Crippen LogP contribution in [0.25, 0.3) is 10.9 Å². The summed E-state index contributed by atoms with van der Waals surface area (Å²) < 4.78 is 28.0. The van der Waals surface area contributed by atoms with Crippen molar-refractivity contribution in [2.75, 3.05) is 6.54 Å². The molecular formula is C30H36F2N2O. The third-order valence-corrected chi connectivity index (χ3v) is 8.83. The molecule has 0 unspecified atom stereocenters. The number of nitrogens with zero attached hydrogens (tertiary/aromatic N) is 1. The second-order valence-electron chi connectivity index (χ2n) is 12.1. The lowest BCUT2D eigenvalue weighted by Crippen LogP contribution is -2.53. The van der Waals surface area contributed by atoms with Crippen LogP contribution in [0.3, 0.4) is 0 Å². The first kappa shape index (κ1) is 23.2. The average molecular weight is 479 g/mol. The van der Waals surface area contributed by atoms with E-state index in [1.165, 1.54) is 40.4 Å². The molecule has 3 fully saturated rings. The first-order valence-electron chi connectivity index (χ1n) is 13.1. The number of aromatic nitrogens is 1. The SMILES string of the molecule is Cc1cc(C2CC2)c(CN2CCC3(C[C@H]2c2ccc(C(C)(C)O)cc2)CC(F)(F)C3)c2cc[nH]c12. The van der Waals surface area contributed by atoms with Gasteiger partial charge in [-0.15, -0.1) is 0 Å². The molecule has 186 valence electrons. The molecule has 0 bridgehead atoms. The maximum Gasteiger partial charge on any atom is 0.249 e. The number of aryl methyl sites for hydroxylation is 1. The van der Waals surface area contributed by atoms with E-state index >= 15 is 0 Å². The number of aromatic amines is 1. The minimum Gasteiger partial charge on any atom is -0.386 e. The van der Waals surface area contributed by atoms with Crippen molar-refractivity contribution in [2.45, 2.75) is 89.3 Å². The van der Waals surface area contributed by atoms with Crippen LogP contribution < -0.4 is 0 Å². The smallest absolute Gasteiger partial charge is 0.249 e. The fourth-order valence-electron chi connectivity index (χ4n) is 6.81. The Balaban J connectivity index is 1.36. The third-order valence-electron chi connectivity index (χ3n) is 8.83.